The van der Waals surface area contributed by atoms with E-state index in [0.717, 1.165) is 16.3 Å². The maximum absolute atomic E-state index is 12.2. The van der Waals surface area contributed by atoms with Crippen molar-refractivity contribution in [2.45, 2.75) is 6.04 Å². The van der Waals surface area contributed by atoms with Crippen LogP contribution in [0.2, 0.25) is 0 Å². The Kier molecular flexibility index (Phi) is 4.83. The molecule has 0 saturated carbocycles. The van der Waals surface area contributed by atoms with Gasteiger partial charge >= 0.3 is 0 Å². The highest BCUT2D eigenvalue weighted by atomic mass is 32.2. The Morgan fingerprint density at radius 1 is 1.26 bits per heavy atom. The summed E-state index contributed by atoms with van der Waals surface area (Å²) in [6.45, 7) is 0.405. The molecule has 23 heavy (non-hydrogen) atoms. The standard InChI is InChI=1S/C17H19N3O2S/c18-8-15(19-16(21)9-20-11-23-10-17(20)22)14-6-5-12-3-1-2-4-13(12)7-14/h1-7,15H,8-11,18H2,(H,19,21). The molecule has 1 unspecified atom stereocenters. The summed E-state index contributed by atoms with van der Waals surface area (Å²) in [5.74, 6) is 0.873. The van der Waals surface area contributed by atoms with Crippen LogP contribution in [0.1, 0.15) is 11.6 Å². The molecule has 2 aromatic rings. The van der Waals surface area contributed by atoms with Gasteiger partial charge in [0.2, 0.25) is 11.8 Å². The zero-order chi connectivity index (χ0) is 16.2. The Bertz CT molecular complexity index is 735. The molecule has 0 aromatic heterocycles. The second kappa shape index (κ2) is 7.02. The van der Waals surface area contributed by atoms with E-state index in [1.54, 1.807) is 4.90 Å². The number of rotatable bonds is 5. The summed E-state index contributed by atoms with van der Waals surface area (Å²) in [5.41, 5.74) is 6.81. The highest BCUT2D eigenvalue weighted by molar-refractivity contribution is 8.00. The van der Waals surface area contributed by atoms with Gasteiger partial charge in [-0.25, -0.2) is 0 Å². The van der Waals surface area contributed by atoms with Gasteiger partial charge in [-0.15, -0.1) is 11.8 Å². The first-order chi connectivity index (χ1) is 11.2. The van der Waals surface area contributed by atoms with Gasteiger partial charge in [0.1, 0.15) is 6.54 Å². The van der Waals surface area contributed by atoms with E-state index in [-0.39, 0.29) is 24.4 Å². The fraction of sp³-hybridized carbons (Fsp3) is 0.294. The van der Waals surface area contributed by atoms with E-state index in [4.69, 9.17) is 5.73 Å². The lowest BCUT2D eigenvalue weighted by atomic mass is 10.0. The third kappa shape index (κ3) is 3.65. The SMILES string of the molecule is NCC(NC(=O)CN1CSCC1=O)c1ccc2ccccc2c1. The smallest absolute Gasteiger partial charge is 0.240 e. The van der Waals surface area contributed by atoms with Crippen LogP contribution >= 0.6 is 11.8 Å². The molecule has 6 heteroatoms. The number of nitrogens with zero attached hydrogens (tertiary/aromatic N) is 1. The Morgan fingerprint density at radius 2 is 2.04 bits per heavy atom. The number of hydrogen-bond acceptors (Lipinski definition) is 4. The van der Waals surface area contributed by atoms with Crippen molar-refractivity contribution in [3.05, 3.63) is 48.0 Å². The molecule has 3 N–H and O–H groups in total. The van der Waals surface area contributed by atoms with Gasteiger partial charge in [-0.05, 0) is 22.4 Å². The number of nitrogens with one attached hydrogen (secondary N) is 1. The molecule has 1 saturated heterocycles. The van der Waals surface area contributed by atoms with Gasteiger partial charge in [0.15, 0.2) is 0 Å². The fourth-order valence-electron chi connectivity index (χ4n) is 2.66. The van der Waals surface area contributed by atoms with Crippen LogP contribution in [0.3, 0.4) is 0 Å². The van der Waals surface area contributed by atoms with Gasteiger partial charge in [-0.3, -0.25) is 9.59 Å². The van der Waals surface area contributed by atoms with E-state index in [1.807, 2.05) is 42.5 Å². The maximum Gasteiger partial charge on any atom is 0.240 e. The fourth-order valence-corrected chi connectivity index (χ4v) is 3.56. The van der Waals surface area contributed by atoms with Gasteiger partial charge in [-0.1, -0.05) is 36.4 Å². The lowest BCUT2D eigenvalue weighted by molar-refractivity contribution is -0.132. The summed E-state index contributed by atoms with van der Waals surface area (Å²) in [4.78, 5) is 25.3. The highest BCUT2D eigenvalue weighted by Crippen LogP contribution is 2.20. The number of carbonyl (C=O) groups is 2. The molecule has 3 rings (SSSR count). The molecule has 120 valence electrons. The number of thioether (sulfide) groups is 1. The molecule has 2 amide bonds. The molecule has 1 aliphatic heterocycles. The van der Waals surface area contributed by atoms with Gasteiger partial charge in [0, 0.05) is 6.54 Å². The van der Waals surface area contributed by atoms with Crippen LogP contribution in [0.15, 0.2) is 42.5 Å². The molecule has 1 heterocycles. The molecular weight excluding hydrogens is 310 g/mol. The van der Waals surface area contributed by atoms with Crippen LogP contribution in [0, 0.1) is 0 Å². The van der Waals surface area contributed by atoms with Crippen molar-refractivity contribution in [2.24, 2.45) is 5.73 Å². The van der Waals surface area contributed by atoms with Gasteiger partial charge in [0.05, 0.1) is 17.7 Å². The summed E-state index contributed by atoms with van der Waals surface area (Å²) >= 11 is 1.53. The number of benzene rings is 2. The minimum atomic E-state index is -0.252. The maximum atomic E-state index is 12.2. The molecule has 1 aliphatic rings. The Hall–Kier alpha value is -2.05. The molecule has 0 bridgehead atoms. The predicted molar refractivity (Wildman–Crippen MR) is 92.9 cm³/mol. The molecule has 0 aliphatic carbocycles. The molecule has 5 nitrogen and oxygen atoms in total. The van der Waals surface area contributed by atoms with E-state index in [0.29, 0.717) is 18.2 Å². The second-order valence-corrected chi connectivity index (χ2v) is 6.49. The number of fused-ring (bicyclic) bond motifs is 1. The van der Waals surface area contributed by atoms with Crippen LogP contribution in [-0.2, 0) is 9.59 Å². The third-order valence-electron chi connectivity index (χ3n) is 3.91. The Labute approximate surface area is 139 Å². The van der Waals surface area contributed by atoms with Gasteiger partial charge < -0.3 is 16.0 Å². The zero-order valence-electron chi connectivity index (χ0n) is 12.7. The molecule has 1 fully saturated rings. The summed E-state index contributed by atoms with van der Waals surface area (Å²) in [6, 6.07) is 13.9. The number of carbonyl (C=O) groups excluding carboxylic acids is 2. The van der Waals surface area contributed by atoms with E-state index in [9.17, 15) is 9.59 Å². The van der Waals surface area contributed by atoms with E-state index < -0.39 is 0 Å². The average molecular weight is 329 g/mol. The normalized spacial score (nSPS) is 15.9. The van der Waals surface area contributed by atoms with Crippen molar-refractivity contribution in [2.75, 3.05) is 24.7 Å². The topological polar surface area (TPSA) is 75.4 Å². The first-order valence-corrected chi connectivity index (χ1v) is 8.66. The van der Waals surface area contributed by atoms with Crippen molar-refractivity contribution < 1.29 is 9.59 Å². The summed E-state index contributed by atoms with van der Waals surface area (Å²) < 4.78 is 0. The average Bonchev–Trinajstić information content (AvgIpc) is 2.97. The lowest BCUT2D eigenvalue weighted by Crippen LogP contribution is -2.41. The molecule has 1 atom stereocenters. The number of amides is 2. The van der Waals surface area contributed by atoms with E-state index in [2.05, 4.69) is 5.32 Å². The van der Waals surface area contributed by atoms with Crippen LogP contribution in [0.4, 0.5) is 0 Å². The van der Waals surface area contributed by atoms with Crippen LogP contribution < -0.4 is 11.1 Å². The van der Waals surface area contributed by atoms with E-state index in [1.165, 1.54) is 11.8 Å². The van der Waals surface area contributed by atoms with Crippen molar-refractivity contribution in [3.63, 3.8) is 0 Å². The van der Waals surface area contributed by atoms with Crippen LogP contribution in [0.5, 0.6) is 0 Å². The Morgan fingerprint density at radius 3 is 2.74 bits per heavy atom. The molecule has 2 aromatic carbocycles. The molecule has 0 radical (unpaired) electrons. The quantitative estimate of drug-likeness (QED) is 0.871. The highest BCUT2D eigenvalue weighted by Gasteiger charge is 2.24. The molecule has 0 spiro atoms. The van der Waals surface area contributed by atoms with Crippen LogP contribution in [0.25, 0.3) is 10.8 Å². The third-order valence-corrected chi connectivity index (χ3v) is 4.85. The van der Waals surface area contributed by atoms with Crippen molar-refractivity contribution in [1.82, 2.24) is 10.2 Å². The molecular formula is C17H19N3O2S. The zero-order valence-corrected chi connectivity index (χ0v) is 13.5. The van der Waals surface area contributed by atoms with Crippen molar-refractivity contribution in [1.29, 1.82) is 0 Å². The van der Waals surface area contributed by atoms with Crippen LogP contribution in [-0.4, -0.2) is 41.4 Å². The summed E-state index contributed by atoms with van der Waals surface area (Å²) in [7, 11) is 0. The Balaban J connectivity index is 1.70. The minimum absolute atomic E-state index is 0.0140. The second-order valence-electron chi connectivity index (χ2n) is 5.53. The largest absolute Gasteiger partial charge is 0.346 e. The lowest BCUT2D eigenvalue weighted by Gasteiger charge is -2.20. The van der Waals surface area contributed by atoms with Gasteiger partial charge in [-0.2, -0.15) is 0 Å². The minimum Gasteiger partial charge on any atom is -0.346 e. The number of hydrogen-bond donors (Lipinski definition) is 2. The van der Waals surface area contributed by atoms with Gasteiger partial charge in [0.25, 0.3) is 0 Å². The number of nitrogens with two attached hydrogens (primary N) is 1. The van der Waals surface area contributed by atoms with Crippen molar-refractivity contribution in [3.8, 4) is 0 Å². The van der Waals surface area contributed by atoms with Crippen molar-refractivity contribution >= 4 is 34.3 Å². The van der Waals surface area contributed by atoms with E-state index >= 15 is 0 Å². The first-order valence-electron chi connectivity index (χ1n) is 7.51. The summed E-state index contributed by atoms with van der Waals surface area (Å²) in [6.07, 6.45) is 0. The first kappa shape index (κ1) is 15.8. The predicted octanol–water partition coefficient (Wildman–Crippen LogP) is 1.49. The monoisotopic (exact) mass is 329 g/mol. The summed E-state index contributed by atoms with van der Waals surface area (Å²) in [5, 5.41) is 5.19.